The predicted molar refractivity (Wildman–Crippen MR) is 155 cm³/mol. The van der Waals surface area contributed by atoms with Gasteiger partial charge in [0.2, 0.25) is 5.91 Å². The first-order chi connectivity index (χ1) is 21.1. The molecule has 230 valence electrons. The van der Waals surface area contributed by atoms with Gasteiger partial charge in [0.05, 0.1) is 23.5 Å². The minimum Gasteiger partial charge on any atom is -0.354 e. The van der Waals surface area contributed by atoms with Crippen LogP contribution in [0, 0.1) is 17.2 Å². The summed E-state index contributed by atoms with van der Waals surface area (Å²) in [6, 6.07) is 7.02. The van der Waals surface area contributed by atoms with Crippen molar-refractivity contribution in [3.8, 4) is 17.3 Å². The SMILES string of the molecule is CCc1cc(Nc2nccn3c(-c4cn(CC#N)nc4C(F)(F)F)cnc23)ccc1C(=O)NCCNC(=O)[C@@H]1CC[C@H](N)C1. The molecular weight excluding hydrogens is 577 g/mol. The number of hydrogen-bond acceptors (Lipinski definition) is 8. The number of fused-ring (bicyclic) bond motifs is 1. The van der Waals surface area contributed by atoms with Gasteiger partial charge in [-0.05, 0) is 49.4 Å². The van der Waals surface area contributed by atoms with Crippen molar-refractivity contribution in [2.24, 2.45) is 11.7 Å². The van der Waals surface area contributed by atoms with Gasteiger partial charge in [0.1, 0.15) is 6.54 Å². The minimum atomic E-state index is -4.74. The average molecular weight is 609 g/mol. The largest absolute Gasteiger partial charge is 0.435 e. The number of aryl methyl sites for hydroxylation is 1. The molecule has 44 heavy (non-hydrogen) atoms. The van der Waals surface area contributed by atoms with Gasteiger partial charge in [-0.1, -0.05) is 6.92 Å². The number of alkyl halides is 3. The van der Waals surface area contributed by atoms with Gasteiger partial charge in [-0.3, -0.25) is 18.7 Å². The molecule has 15 heteroatoms. The molecule has 0 unspecified atom stereocenters. The van der Waals surface area contributed by atoms with Crippen LogP contribution in [0.4, 0.5) is 24.7 Å². The van der Waals surface area contributed by atoms with Crippen LogP contribution in [-0.2, 0) is 23.9 Å². The molecule has 1 fully saturated rings. The quantitative estimate of drug-likeness (QED) is 0.199. The zero-order valence-corrected chi connectivity index (χ0v) is 23.9. The molecule has 0 aliphatic heterocycles. The van der Waals surface area contributed by atoms with Gasteiger partial charge in [-0.2, -0.15) is 23.5 Å². The summed E-state index contributed by atoms with van der Waals surface area (Å²) in [5, 5.41) is 21.3. The Labute approximate surface area is 250 Å². The maximum Gasteiger partial charge on any atom is 0.435 e. The Morgan fingerprint density at radius 3 is 2.68 bits per heavy atom. The summed E-state index contributed by atoms with van der Waals surface area (Å²) in [4.78, 5) is 33.8. The summed E-state index contributed by atoms with van der Waals surface area (Å²) < 4.78 is 43.6. The van der Waals surface area contributed by atoms with E-state index in [-0.39, 0.29) is 59.6 Å². The van der Waals surface area contributed by atoms with Crippen LogP contribution in [0.3, 0.4) is 0 Å². The second-order valence-corrected chi connectivity index (χ2v) is 10.5. The van der Waals surface area contributed by atoms with Crippen molar-refractivity contribution in [3.63, 3.8) is 0 Å². The lowest BCUT2D eigenvalue weighted by atomic mass is 10.0. The Hall–Kier alpha value is -4.97. The fraction of sp³-hybridized carbons (Fsp3) is 0.379. The van der Waals surface area contributed by atoms with Gasteiger partial charge in [0.25, 0.3) is 5.91 Å². The molecule has 1 aliphatic rings. The number of aromatic nitrogens is 5. The number of imidazole rings is 1. The highest BCUT2D eigenvalue weighted by Gasteiger charge is 2.38. The smallest absolute Gasteiger partial charge is 0.354 e. The van der Waals surface area contributed by atoms with Crippen LogP contribution in [0.5, 0.6) is 0 Å². The first-order valence-electron chi connectivity index (χ1n) is 14.1. The third kappa shape index (κ3) is 6.50. The number of hydrogen-bond donors (Lipinski definition) is 4. The fourth-order valence-corrected chi connectivity index (χ4v) is 5.36. The highest BCUT2D eigenvalue weighted by molar-refractivity contribution is 5.96. The molecule has 0 bridgehead atoms. The molecule has 0 saturated heterocycles. The summed E-state index contributed by atoms with van der Waals surface area (Å²) in [5.74, 6) is -0.108. The molecular formula is C29H31F3N10O2. The molecule has 1 saturated carbocycles. The number of carbonyl (C=O) groups is 2. The van der Waals surface area contributed by atoms with E-state index in [1.54, 1.807) is 24.3 Å². The van der Waals surface area contributed by atoms with Crippen molar-refractivity contribution < 1.29 is 22.8 Å². The van der Waals surface area contributed by atoms with E-state index in [1.165, 1.54) is 29.2 Å². The Morgan fingerprint density at radius 1 is 1.18 bits per heavy atom. The summed E-state index contributed by atoms with van der Waals surface area (Å²) in [7, 11) is 0. The first-order valence-corrected chi connectivity index (χ1v) is 14.1. The van der Waals surface area contributed by atoms with Gasteiger partial charge >= 0.3 is 6.18 Å². The van der Waals surface area contributed by atoms with Crippen LogP contribution in [0.25, 0.3) is 16.9 Å². The van der Waals surface area contributed by atoms with Gasteiger partial charge in [-0.25, -0.2) is 9.97 Å². The average Bonchev–Trinajstić information content (AvgIpc) is 3.73. The number of nitrogens with zero attached hydrogens (tertiary/aromatic N) is 6. The zero-order valence-electron chi connectivity index (χ0n) is 23.9. The van der Waals surface area contributed by atoms with Crippen LogP contribution in [0.15, 0.2) is 43.0 Å². The highest BCUT2D eigenvalue weighted by Crippen LogP contribution is 2.37. The molecule has 3 aromatic heterocycles. The zero-order chi connectivity index (χ0) is 31.4. The summed E-state index contributed by atoms with van der Waals surface area (Å²) in [6.07, 6.45) is 3.48. The fourth-order valence-electron chi connectivity index (χ4n) is 5.36. The van der Waals surface area contributed by atoms with E-state index >= 15 is 0 Å². The third-order valence-electron chi connectivity index (χ3n) is 7.51. The second-order valence-electron chi connectivity index (χ2n) is 10.5. The molecule has 0 spiro atoms. The molecule has 3 heterocycles. The molecule has 2 atom stereocenters. The van der Waals surface area contributed by atoms with Crippen LogP contribution in [0.2, 0.25) is 0 Å². The van der Waals surface area contributed by atoms with Crippen molar-refractivity contribution in [1.29, 1.82) is 5.26 Å². The number of carbonyl (C=O) groups excluding carboxylic acids is 2. The number of amides is 2. The van der Waals surface area contributed by atoms with E-state index in [1.807, 2.05) is 6.92 Å². The lowest BCUT2D eigenvalue weighted by Gasteiger charge is -2.14. The van der Waals surface area contributed by atoms with Crippen molar-refractivity contribution in [1.82, 2.24) is 34.8 Å². The lowest BCUT2D eigenvalue weighted by molar-refractivity contribution is -0.141. The van der Waals surface area contributed by atoms with E-state index < -0.39 is 11.9 Å². The van der Waals surface area contributed by atoms with Gasteiger partial charge < -0.3 is 21.7 Å². The summed E-state index contributed by atoms with van der Waals surface area (Å²) >= 11 is 0. The van der Waals surface area contributed by atoms with Gasteiger partial charge in [0, 0.05) is 54.9 Å². The number of halogens is 3. The number of nitriles is 1. The number of benzene rings is 1. The van der Waals surface area contributed by atoms with Gasteiger partial charge in [0.15, 0.2) is 17.2 Å². The third-order valence-corrected chi connectivity index (χ3v) is 7.51. The first kappa shape index (κ1) is 30.5. The standard InChI is InChI=1S/C29H31F3N10O2/c1-2-17-14-20(5-6-21(17)28(44)37-9-8-36-27(43)18-3-4-19(34)13-18)39-25-26-38-15-23(42(26)12-10-35-25)22-16-41(11-7-33)40-24(22)29(30,31)32/h5-6,10,12,14-16,18-19H,2-4,8-9,11,13,34H2,1H3,(H,35,39)(H,36,43)(H,37,44)/t18-,19+/m1/s1. The highest BCUT2D eigenvalue weighted by atomic mass is 19.4. The van der Waals surface area contributed by atoms with Crippen LogP contribution in [0.1, 0.15) is 47.8 Å². The Morgan fingerprint density at radius 2 is 1.98 bits per heavy atom. The number of nitrogens with one attached hydrogen (secondary N) is 3. The van der Waals surface area contributed by atoms with E-state index in [4.69, 9.17) is 11.0 Å². The summed E-state index contributed by atoms with van der Waals surface area (Å²) in [6.45, 7) is 2.15. The Kier molecular flexibility index (Phi) is 8.81. The Balaban J connectivity index is 1.29. The molecule has 1 aromatic carbocycles. The number of nitrogens with two attached hydrogens (primary N) is 1. The van der Waals surface area contributed by atoms with Crippen molar-refractivity contribution in [2.45, 2.75) is 51.4 Å². The van der Waals surface area contributed by atoms with Crippen molar-refractivity contribution in [2.75, 3.05) is 18.4 Å². The van der Waals surface area contributed by atoms with E-state index in [9.17, 15) is 22.8 Å². The predicted octanol–water partition coefficient (Wildman–Crippen LogP) is 3.41. The molecule has 12 nitrogen and oxygen atoms in total. The van der Waals surface area contributed by atoms with Crippen LogP contribution < -0.4 is 21.7 Å². The van der Waals surface area contributed by atoms with E-state index in [0.717, 1.165) is 23.1 Å². The van der Waals surface area contributed by atoms with Crippen molar-refractivity contribution in [3.05, 3.63) is 59.8 Å². The molecule has 0 radical (unpaired) electrons. The topological polar surface area (TPSA) is 168 Å². The van der Waals surface area contributed by atoms with Gasteiger partial charge in [-0.15, -0.1) is 0 Å². The summed E-state index contributed by atoms with van der Waals surface area (Å²) in [5.41, 5.74) is 6.78. The van der Waals surface area contributed by atoms with E-state index in [0.29, 0.717) is 30.6 Å². The minimum absolute atomic E-state index is 0.0417. The molecule has 5 N–H and O–H groups in total. The van der Waals surface area contributed by atoms with E-state index in [2.05, 4.69) is 31.0 Å². The molecule has 2 amide bonds. The maximum absolute atomic E-state index is 13.7. The van der Waals surface area contributed by atoms with Crippen LogP contribution >= 0.6 is 0 Å². The molecule has 5 rings (SSSR count). The monoisotopic (exact) mass is 608 g/mol. The normalized spacial score (nSPS) is 16.5. The Bertz CT molecular complexity index is 1720. The van der Waals surface area contributed by atoms with Crippen molar-refractivity contribution >= 4 is 29.0 Å². The molecule has 4 aromatic rings. The number of anilines is 2. The van der Waals surface area contributed by atoms with Crippen LogP contribution in [-0.4, -0.2) is 55.1 Å². The number of rotatable bonds is 10. The molecule has 1 aliphatic carbocycles. The lowest BCUT2D eigenvalue weighted by Crippen LogP contribution is -2.37. The second kappa shape index (κ2) is 12.7. The maximum atomic E-state index is 13.7.